The van der Waals surface area contributed by atoms with Gasteiger partial charge in [0.15, 0.2) is 0 Å². The molecule has 0 unspecified atom stereocenters. The molecule has 2 aromatic heterocycles. The lowest BCUT2D eigenvalue weighted by Crippen LogP contribution is -2.81. The molecule has 0 radical (unpaired) electrons. The third-order valence-corrected chi connectivity index (χ3v) is 8.75. The minimum Gasteiger partial charge on any atom is -0.444 e. The number of alkyl carbamates (subject to hydrolysis) is 1. The molecule has 12 heteroatoms. The van der Waals surface area contributed by atoms with Crippen molar-refractivity contribution in [2.24, 2.45) is 7.05 Å². The van der Waals surface area contributed by atoms with Crippen molar-refractivity contribution in [1.82, 2.24) is 19.0 Å². The minimum absolute atomic E-state index is 0.0272. The molecule has 4 aliphatic carbocycles. The number of nitrogens with one attached hydrogen (secondary N) is 2. The van der Waals surface area contributed by atoms with Gasteiger partial charge in [0.05, 0.1) is 16.9 Å². The summed E-state index contributed by atoms with van der Waals surface area (Å²) < 4.78 is 25.0. The normalized spacial score (nSPS) is 23.4. The largest absolute Gasteiger partial charge is 0.444 e. The van der Waals surface area contributed by atoms with Gasteiger partial charge in [-0.3, -0.25) is 18.7 Å². The second-order valence-electron chi connectivity index (χ2n) is 12.5. The maximum absolute atomic E-state index is 15.3. The van der Waals surface area contributed by atoms with Crippen LogP contribution in [0.5, 0.6) is 0 Å². The Morgan fingerprint density at radius 1 is 1.10 bits per heavy atom. The van der Waals surface area contributed by atoms with E-state index in [4.69, 9.17) is 4.74 Å². The molecule has 1 amide bonds. The summed E-state index contributed by atoms with van der Waals surface area (Å²) >= 11 is 1.98. The van der Waals surface area contributed by atoms with Crippen molar-refractivity contribution in [3.63, 3.8) is 0 Å². The van der Waals surface area contributed by atoms with Crippen molar-refractivity contribution in [3.8, 4) is 5.69 Å². The fourth-order valence-electron chi connectivity index (χ4n) is 6.32. The number of hydrogen-bond donors (Lipinski definition) is 2. The van der Waals surface area contributed by atoms with Crippen LogP contribution in [-0.4, -0.2) is 36.5 Å². The minimum atomic E-state index is -0.670. The number of ether oxygens (including phenoxy) is 1. The fraction of sp³-hybridized carbons (Fsp3) is 0.500. The van der Waals surface area contributed by atoms with Crippen molar-refractivity contribution in [3.05, 3.63) is 64.3 Å². The predicted molar refractivity (Wildman–Crippen MR) is 157 cm³/mol. The molecule has 2 N–H and O–H groups in total. The van der Waals surface area contributed by atoms with E-state index < -0.39 is 45.4 Å². The van der Waals surface area contributed by atoms with Gasteiger partial charge in [0.2, 0.25) is 0 Å². The first kappa shape index (κ1) is 27.0. The van der Waals surface area contributed by atoms with Crippen molar-refractivity contribution < 1.29 is 13.9 Å². The van der Waals surface area contributed by atoms with Gasteiger partial charge in [-0.25, -0.2) is 18.5 Å². The smallest absolute Gasteiger partial charge is 0.408 e. The SMILES string of the molecule is Cc1c(NC23CC(NC(=O)OC(C)(C)C)(C2)C3)c2c(=O)n(C3CC3)c(=O)n(-c3ccc(I)cc3F)c2n(C)c1=O. The fourth-order valence-corrected chi connectivity index (χ4v) is 6.77. The highest BCUT2D eigenvalue weighted by atomic mass is 127. The molecule has 212 valence electrons. The lowest BCUT2D eigenvalue weighted by Gasteiger charge is -2.70. The van der Waals surface area contributed by atoms with Crippen molar-refractivity contribution in [2.75, 3.05) is 5.32 Å². The van der Waals surface area contributed by atoms with Crippen LogP contribution in [-0.2, 0) is 11.8 Å². The number of carbonyl (C=O) groups excluding carboxylic acids is 1. The summed E-state index contributed by atoms with van der Waals surface area (Å²) in [6, 6.07) is 4.20. The molecule has 4 saturated carbocycles. The van der Waals surface area contributed by atoms with Gasteiger partial charge in [-0.2, -0.15) is 0 Å². The van der Waals surface area contributed by atoms with Gasteiger partial charge < -0.3 is 15.4 Å². The molecule has 7 rings (SSSR count). The lowest BCUT2D eigenvalue weighted by atomic mass is 9.44. The Bertz CT molecular complexity index is 1780. The second-order valence-corrected chi connectivity index (χ2v) is 13.8. The van der Waals surface area contributed by atoms with Crippen LogP contribution in [0.3, 0.4) is 0 Å². The molecule has 0 atom stereocenters. The van der Waals surface area contributed by atoms with E-state index in [0.29, 0.717) is 46.9 Å². The van der Waals surface area contributed by atoms with Crippen molar-refractivity contribution >= 4 is 45.4 Å². The summed E-state index contributed by atoms with van der Waals surface area (Å²) in [6.07, 6.45) is 2.65. The number of amides is 1. The Labute approximate surface area is 242 Å². The van der Waals surface area contributed by atoms with E-state index in [9.17, 15) is 19.2 Å². The number of halogens is 2. The molecule has 4 fully saturated rings. The van der Waals surface area contributed by atoms with Gasteiger partial charge in [-0.05, 0) is 101 Å². The number of carbonyl (C=O) groups is 1. The highest BCUT2D eigenvalue weighted by molar-refractivity contribution is 14.1. The number of benzene rings is 1. The molecular formula is C28H31FIN5O5. The molecule has 2 heterocycles. The van der Waals surface area contributed by atoms with Gasteiger partial charge >= 0.3 is 11.8 Å². The van der Waals surface area contributed by atoms with Crippen LogP contribution in [0.15, 0.2) is 32.6 Å². The average molecular weight is 663 g/mol. The maximum Gasteiger partial charge on any atom is 0.408 e. The molecule has 0 saturated heterocycles. The number of fused-ring (bicyclic) bond motifs is 1. The summed E-state index contributed by atoms with van der Waals surface area (Å²) in [7, 11) is 1.49. The van der Waals surface area contributed by atoms with Crippen LogP contribution in [0.1, 0.15) is 64.5 Å². The number of nitrogens with zero attached hydrogens (tertiary/aromatic N) is 3. The first-order valence-corrected chi connectivity index (χ1v) is 14.4. The summed E-state index contributed by atoms with van der Waals surface area (Å²) in [5.41, 5.74) is -2.31. The average Bonchev–Trinajstić information content (AvgIpc) is 3.62. The van der Waals surface area contributed by atoms with Crippen molar-refractivity contribution in [2.45, 2.75) is 82.5 Å². The van der Waals surface area contributed by atoms with Gasteiger partial charge in [-0.1, -0.05) is 0 Å². The number of anilines is 1. The van der Waals surface area contributed by atoms with Crippen LogP contribution in [0.2, 0.25) is 0 Å². The Balaban J connectivity index is 1.48. The number of rotatable bonds is 5. The summed E-state index contributed by atoms with van der Waals surface area (Å²) in [5.74, 6) is -0.631. The molecule has 2 bridgehead atoms. The topological polar surface area (TPSA) is 116 Å². The van der Waals surface area contributed by atoms with E-state index in [-0.39, 0.29) is 22.8 Å². The zero-order valence-corrected chi connectivity index (χ0v) is 25.1. The van der Waals surface area contributed by atoms with Crippen LogP contribution in [0.4, 0.5) is 14.9 Å². The number of pyridine rings is 1. The Morgan fingerprint density at radius 3 is 2.33 bits per heavy atom. The summed E-state index contributed by atoms with van der Waals surface area (Å²) in [6.45, 7) is 7.05. The first-order chi connectivity index (χ1) is 18.6. The summed E-state index contributed by atoms with van der Waals surface area (Å²) in [5, 5.41) is 6.61. The van der Waals surface area contributed by atoms with Crippen LogP contribution < -0.4 is 27.4 Å². The van der Waals surface area contributed by atoms with E-state index in [1.165, 1.54) is 28.3 Å². The maximum atomic E-state index is 15.3. The third-order valence-electron chi connectivity index (χ3n) is 8.08. The van der Waals surface area contributed by atoms with E-state index in [1.54, 1.807) is 33.8 Å². The monoisotopic (exact) mass is 663 g/mol. The number of hydrogen-bond acceptors (Lipinski definition) is 6. The predicted octanol–water partition coefficient (Wildman–Crippen LogP) is 3.85. The van der Waals surface area contributed by atoms with Crippen LogP contribution in [0, 0.1) is 16.3 Å². The Hall–Kier alpha value is -3.16. The quantitative estimate of drug-likeness (QED) is 0.401. The molecule has 0 spiro atoms. The van der Waals surface area contributed by atoms with Gasteiger partial charge in [0.1, 0.15) is 22.5 Å². The highest BCUT2D eigenvalue weighted by Gasteiger charge is 2.69. The van der Waals surface area contributed by atoms with E-state index in [1.807, 2.05) is 22.6 Å². The first-order valence-electron chi connectivity index (χ1n) is 13.3. The highest BCUT2D eigenvalue weighted by Crippen LogP contribution is 2.62. The lowest BCUT2D eigenvalue weighted by molar-refractivity contribution is -0.0658. The van der Waals surface area contributed by atoms with Gasteiger partial charge in [-0.15, -0.1) is 0 Å². The molecule has 3 aromatic rings. The third kappa shape index (κ3) is 4.17. The second kappa shape index (κ2) is 8.67. The van der Waals surface area contributed by atoms with E-state index in [0.717, 1.165) is 4.57 Å². The molecule has 0 aliphatic heterocycles. The van der Waals surface area contributed by atoms with Crippen LogP contribution >= 0.6 is 22.6 Å². The number of aryl methyl sites for hydroxylation is 1. The van der Waals surface area contributed by atoms with Gasteiger partial charge in [0, 0.05) is 27.8 Å². The molecule has 4 aliphatic rings. The zero-order valence-electron chi connectivity index (χ0n) is 23.0. The van der Waals surface area contributed by atoms with Crippen LogP contribution in [0.25, 0.3) is 16.7 Å². The van der Waals surface area contributed by atoms with Gasteiger partial charge in [0.25, 0.3) is 11.1 Å². The standard InChI is InChI=1S/C28H31FIN5O5/c1-14-20(31-27-11-28(12-27,13-27)32-24(38)40-26(2,3)4)19-21(33(5)22(14)36)35(18-9-6-15(30)10-17(18)29)25(39)34(23(19)37)16-7-8-16/h6,9-10,16,31H,7-8,11-13H2,1-5H3,(H,32,38). The number of aromatic nitrogens is 3. The van der Waals surface area contributed by atoms with E-state index >= 15 is 4.39 Å². The Morgan fingerprint density at radius 2 is 1.75 bits per heavy atom. The Kier molecular flexibility index (Phi) is 5.86. The molecular weight excluding hydrogens is 632 g/mol. The molecule has 10 nitrogen and oxygen atoms in total. The summed E-state index contributed by atoms with van der Waals surface area (Å²) in [4.78, 5) is 53.5. The zero-order chi connectivity index (χ0) is 28.9. The molecule has 40 heavy (non-hydrogen) atoms. The molecule has 1 aromatic carbocycles. The van der Waals surface area contributed by atoms with E-state index in [2.05, 4.69) is 10.6 Å². The van der Waals surface area contributed by atoms with Crippen molar-refractivity contribution in [1.29, 1.82) is 0 Å².